The third-order valence-corrected chi connectivity index (χ3v) is 5.91. The number of halogens is 1. The first-order chi connectivity index (χ1) is 13.7. The number of nitrogens with zero attached hydrogens (tertiary/aromatic N) is 2. The van der Waals surface area contributed by atoms with Crippen molar-refractivity contribution in [3.05, 3.63) is 71.0 Å². The van der Waals surface area contributed by atoms with E-state index in [0.29, 0.717) is 25.6 Å². The molecule has 4 rings (SSSR count). The molecule has 0 aromatic heterocycles. The van der Waals surface area contributed by atoms with E-state index in [-0.39, 0.29) is 11.7 Å². The Labute approximate surface area is 166 Å². The Morgan fingerprint density at radius 3 is 2.64 bits per heavy atom. The summed E-state index contributed by atoms with van der Waals surface area (Å²) in [5, 5.41) is 3.45. The molecule has 2 fully saturated rings. The van der Waals surface area contributed by atoms with Crippen LogP contribution in [0.3, 0.4) is 0 Å². The number of rotatable bonds is 4. The molecule has 4 nitrogen and oxygen atoms in total. The van der Waals surface area contributed by atoms with Crippen LogP contribution < -0.4 is 5.32 Å². The fourth-order valence-corrected chi connectivity index (χ4v) is 4.22. The van der Waals surface area contributed by atoms with Crippen LogP contribution >= 0.6 is 0 Å². The van der Waals surface area contributed by atoms with E-state index in [1.165, 1.54) is 24.5 Å². The normalized spacial score (nSPS) is 20.9. The summed E-state index contributed by atoms with van der Waals surface area (Å²) in [6.07, 6.45) is 2.37. The molecule has 2 heterocycles. The summed E-state index contributed by atoms with van der Waals surface area (Å²) in [5.74, 6) is 0.449. The molecule has 1 amide bonds. The van der Waals surface area contributed by atoms with E-state index in [9.17, 15) is 9.18 Å². The highest BCUT2D eigenvalue weighted by Gasteiger charge is 2.23. The topological polar surface area (TPSA) is 35.6 Å². The number of amides is 1. The molecule has 1 atom stereocenters. The number of carbonyl (C=O) groups excluding carboxylic acids is 1. The van der Waals surface area contributed by atoms with E-state index in [4.69, 9.17) is 0 Å². The highest BCUT2D eigenvalue weighted by molar-refractivity contribution is 5.94. The van der Waals surface area contributed by atoms with Gasteiger partial charge >= 0.3 is 0 Å². The van der Waals surface area contributed by atoms with Gasteiger partial charge in [0.15, 0.2) is 0 Å². The first-order valence-corrected chi connectivity index (χ1v) is 10.3. The molecule has 5 heteroatoms. The van der Waals surface area contributed by atoms with Gasteiger partial charge in [0, 0.05) is 50.4 Å². The molecule has 148 valence electrons. The zero-order valence-electron chi connectivity index (χ0n) is 16.2. The molecule has 0 radical (unpaired) electrons. The molecule has 0 bridgehead atoms. The van der Waals surface area contributed by atoms with Crippen molar-refractivity contribution in [2.45, 2.75) is 25.3 Å². The number of piperidine rings is 1. The van der Waals surface area contributed by atoms with Crippen molar-refractivity contribution >= 4 is 5.91 Å². The number of nitrogens with one attached hydrogen (secondary N) is 1. The van der Waals surface area contributed by atoms with Crippen LogP contribution in [0.1, 0.15) is 40.2 Å². The molecule has 0 unspecified atom stereocenters. The van der Waals surface area contributed by atoms with Crippen LogP contribution in [0.15, 0.2) is 48.5 Å². The van der Waals surface area contributed by atoms with Crippen molar-refractivity contribution in [1.29, 1.82) is 0 Å². The van der Waals surface area contributed by atoms with Crippen LogP contribution in [0.2, 0.25) is 0 Å². The van der Waals surface area contributed by atoms with E-state index in [2.05, 4.69) is 22.3 Å². The minimum atomic E-state index is -0.157. The van der Waals surface area contributed by atoms with Gasteiger partial charge in [-0.25, -0.2) is 4.39 Å². The summed E-state index contributed by atoms with van der Waals surface area (Å²) in [4.78, 5) is 17.1. The maximum Gasteiger partial charge on any atom is 0.253 e. The molecule has 28 heavy (non-hydrogen) atoms. The zero-order chi connectivity index (χ0) is 19.3. The number of hydrogen-bond acceptors (Lipinski definition) is 3. The van der Waals surface area contributed by atoms with Crippen LogP contribution in [-0.2, 0) is 6.54 Å². The molecule has 2 saturated heterocycles. The minimum absolute atomic E-state index is 0.108. The van der Waals surface area contributed by atoms with Crippen LogP contribution in [0.25, 0.3) is 0 Å². The van der Waals surface area contributed by atoms with Crippen molar-refractivity contribution in [1.82, 2.24) is 15.1 Å². The van der Waals surface area contributed by atoms with Crippen molar-refractivity contribution in [3.63, 3.8) is 0 Å². The molecule has 0 spiro atoms. The molecule has 2 aromatic rings. The quantitative estimate of drug-likeness (QED) is 0.883. The van der Waals surface area contributed by atoms with Crippen molar-refractivity contribution in [3.8, 4) is 0 Å². The lowest BCUT2D eigenvalue weighted by atomic mass is 9.90. The second kappa shape index (κ2) is 8.84. The second-order valence-corrected chi connectivity index (χ2v) is 7.83. The Morgan fingerprint density at radius 1 is 1.07 bits per heavy atom. The van der Waals surface area contributed by atoms with E-state index >= 15 is 0 Å². The average molecular weight is 381 g/mol. The summed E-state index contributed by atoms with van der Waals surface area (Å²) < 4.78 is 13.9. The lowest BCUT2D eigenvalue weighted by Crippen LogP contribution is -2.48. The third kappa shape index (κ3) is 4.42. The van der Waals surface area contributed by atoms with Gasteiger partial charge in [0.25, 0.3) is 5.91 Å². The minimum Gasteiger partial charge on any atom is -0.336 e. The maximum absolute atomic E-state index is 13.9. The highest BCUT2D eigenvalue weighted by atomic mass is 19.1. The molecule has 0 aliphatic carbocycles. The van der Waals surface area contributed by atoms with Gasteiger partial charge in [-0.05, 0) is 49.1 Å². The number of carbonyl (C=O) groups is 1. The van der Waals surface area contributed by atoms with Crippen LogP contribution in [0.4, 0.5) is 4.39 Å². The third-order valence-electron chi connectivity index (χ3n) is 5.91. The summed E-state index contributed by atoms with van der Waals surface area (Å²) in [7, 11) is 0. The van der Waals surface area contributed by atoms with Crippen molar-refractivity contribution in [2.75, 3.05) is 39.3 Å². The standard InChI is InChI=1S/C23H28FN3O/c24-22-9-2-1-5-21(22)17-26-11-13-27(14-12-26)23(28)19-7-3-6-18(15-19)20-8-4-10-25-16-20/h1-3,5-7,9,15,20,25H,4,8,10-14,16-17H2/t20-/m1/s1. The molecule has 0 saturated carbocycles. The summed E-state index contributed by atoms with van der Waals surface area (Å²) in [5.41, 5.74) is 2.76. The monoisotopic (exact) mass is 381 g/mol. The molecular formula is C23H28FN3O. The van der Waals surface area contributed by atoms with E-state index < -0.39 is 0 Å². The fourth-order valence-electron chi connectivity index (χ4n) is 4.22. The Bertz CT molecular complexity index is 811. The number of piperazine rings is 1. The van der Waals surface area contributed by atoms with Crippen LogP contribution in [0, 0.1) is 5.82 Å². The molecule has 2 aliphatic rings. The molecule has 2 aromatic carbocycles. The van der Waals surface area contributed by atoms with Gasteiger partial charge in [0.1, 0.15) is 5.82 Å². The van der Waals surface area contributed by atoms with E-state index in [1.807, 2.05) is 29.2 Å². The first-order valence-electron chi connectivity index (χ1n) is 10.3. The summed E-state index contributed by atoms with van der Waals surface area (Å²) in [6.45, 7) is 5.58. The predicted octanol–water partition coefficient (Wildman–Crippen LogP) is 3.25. The van der Waals surface area contributed by atoms with Gasteiger partial charge in [-0.2, -0.15) is 0 Å². The smallest absolute Gasteiger partial charge is 0.253 e. The predicted molar refractivity (Wildman–Crippen MR) is 109 cm³/mol. The highest BCUT2D eigenvalue weighted by Crippen LogP contribution is 2.24. The Morgan fingerprint density at radius 2 is 1.89 bits per heavy atom. The van der Waals surface area contributed by atoms with Crippen molar-refractivity contribution < 1.29 is 9.18 Å². The molecular weight excluding hydrogens is 353 g/mol. The maximum atomic E-state index is 13.9. The average Bonchev–Trinajstić information content (AvgIpc) is 2.76. The molecule has 1 N–H and O–H groups in total. The Hall–Kier alpha value is -2.24. The van der Waals surface area contributed by atoms with Crippen molar-refractivity contribution in [2.24, 2.45) is 0 Å². The van der Waals surface area contributed by atoms with Gasteiger partial charge in [-0.1, -0.05) is 30.3 Å². The zero-order valence-corrected chi connectivity index (χ0v) is 16.2. The first kappa shape index (κ1) is 19.1. The van der Waals surface area contributed by atoms with Crippen LogP contribution in [-0.4, -0.2) is 55.0 Å². The Balaban J connectivity index is 1.35. The second-order valence-electron chi connectivity index (χ2n) is 7.83. The lowest BCUT2D eigenvalue weighted by molar-refractivity contribution is 0.0627. The van der Waals surface area contributed by atoms with E-state index in [1.54, 1.807) is 6.07 Å². The Kier molecular flexibility index (Phi) is 6.03. The fraction of sp³-hybridized carbons (Fsp3) is 0.435. The van der Waals surface area contributed by atoms with Crippen LogP contribution in [0.5, 0.6) is 0 Å². The SMILES string of the molecule is O=C(c1cccc([C@@H]2CCCNC2)c1)N1CCN(Cc2ccccc2F)CC1. The lowest BCUT2D eigenvalue weighted by Gasteiger charge is -2.35. The van der Waals surface area contributed by atoms with E-state index in [0.717, 1.165) is 37.3 Å². The van der Waals surface area contributed by atoms with Gasteiger partial charge in [0.05, 0.1) is 0 Å². The van der Waals surface area contributed by atoms with Gasteiger partial charge in [-0.15, -0.1) is 0 Å². The number of benzene rings is 2. The van der Waals surface area contributed by atoms with Gasteiger partial charge in [-0.3, -0.25) is 9.69 Å². The number of hydrogen-bond donors (Lipinski definition) is 1. The van der Waals surface area contributed by atoms with Gasteiger partial charge < -0.3 is 10.2 Å². The molecule has 2 aliphatic heterocycles. The van der Waals surface area contributed by atoms with Gasteiger partial charge in [0.2, 0.25) is 0 Å². The summed E-state index contributed by atoms with van der Waals surface area (Å²) in [6, 6.07) is 15.1. The largest absolute Gasteiger partial charge is 0.336 e. The summed E-state index contributed by atoms with van der Waals surface area (Å²) >= 11 is 0.